The van der Waals surface area contributed by atoms with E-state index in [1.54, 1.807) is 0 Å². The summed E-state index contributed by atoms with van der Waals surface area (Å²) >= 11 is 3.49. The molecule has 2 aliphatic heterocycles. The molecule has 0 aromatic heterocycles. The summed E-state index contributed by atoms with van der Waals surface area (Å²) in [6.45, 7) is 2.28. The second-order valence-electron chi connectivity index (χ2n) is 8.81. The molecule has 1 aromatic carbocycles. The van der Waals surface area contributed by atoms with Gasteiger partial charge in [0, 0.05) is 35.6 Å². The molecule has 2 saturated carbocycles. The van der Waals surface area contributed by atoms with Crippen LogP contribution in [0.4, 0.5) is 0 Å². The molecule has 28 heavy (non-hydrogen) atoms. The van der Waals surface area contributed by atoms with Gasteiger partial charge in [0.15, 0.2) is 0 Å². The quantitative estimate of drug-likeness (QED) is 0.713. The first-order valence-corrected chi connectivity index (χ1v) is 11.3. The fourth-order valence-corrected chi connectivity index (χ4v) is 5.23. The summed E-state index contributed by atoms with van der Waals surface area (Å²) in [7, 11) is 0. The van der Waals surface area contributed by atoms with Crippen LogP contribution in [0.1, 0.15) is 50.5 Å². The maximum Gasteiger partial charge on any atom is 0.256 e. The van der Waals surface area contributed by atoms with Crippen molar-refractivity contribution in [2.45, 2.75) is 50.5 Å². The topological polar surface area (TPSA) is 53.0 Å². The van der Waals surface area contributed by atoms with E-state index in [9.17, 15) is 9.59 Å². The Morgan fingerprint density at radius 2 is 1.86 bits per heavy atom. The Kier molecular flexibility index (Phi) is 4.57. The highest BCUT2D eigenvalue weighted by molar-refractivity contribution is 9.10. The van der Waals surface area contributed by atoms with Gasteiger partial charge in [-0.15, -0.1) is 0 Å². The molecule has 4 aliphatic rings. The van der Waals surface area contributed by atoms with E-state index in [2.05, 4.69) is 15.9 Å². The number of benzene rings is 1. The number of hydrogen-bond acceptors (Lipinski definition) is 3. The van der Waals surface area contributed by atoms with Crippen molar-refractivity contribution >= 4 is 33.6 Å². The summed E-state index contributed by atoms with van der Waals surface area (Å²) in [5.74, 6) is 1.93. The van der Waals surface area contributed by atoms with Crippen LogP contribution in [-0.4, -0.2) is 52.6 Å². The van der Waals surface area contributed by atoms with Crippen LogP contribution < -0.4 is 0 Å². The van der Waals surface area contributed by atoms with Crippen molar-refractivity contribution in [3.8, 4) is 0 Å². The normalized spacial score (nSPS) is 26.4. The average Bonchev–Trinajstić information content (AvgIpc) is 3.15. The Morgan fingerprint density at radius 3 is 2.54 bits per heavy atom. The number of rotatable bonds is 4. The molecule has 1 aromatic rings. The van der Waals surface area contributed by atoms with Crippen molar-refractivity contribution in [3.63, 3.8) is 0 Å². The predicted octanol–water partition coefficient (Wildman–Crippen LogP) is 3.61. The van der Waals surface area contributed by atoms with Crippen molar-refractivity contribution < 1.29 is 9.59 Å². The third-order valence-electron chi connectivity index (χ3n) is 6.72. The molecule has 5 rings (SSSR count). The molecule has 1 atom stereocenters. The highest BCUT2D eigenvalue weighted by atomic mass is 79.9. The maximum atomic E-state index is 13.4. The van der Waals surface area contributed by atoms with Crippen LogP contribution in [0.25, 0.3) is 0 Å². The Hall–Kier alpha value is -1.69. The molecule has 6 heteroatoms. The van der Waals surface area contributed by atoms with E-state index >= 15 is 0 Å². The van der Waals surface area contributed by atoms with E-state index in [0.717, 1.165) is 73.9 Å². The number of amides is 2. The van der Waals surface area contributed by atoms with E-state index in [-0.39, 0.29) is 11.8 Å². The van der Waals surface area contributed by atoms with E-state index in [1.807, 2.05) is 34.1 Å². The van der Waals surface area contributed by atoms with Gasteiger partial charge >= 0.3 is 0 Å². The number of hydrogen-bond donors (Lipinski definition) is 0. The predicted molar refractivity (Wildman–Crippen MR) is 111 cm³/mol. The fourth-order valence-electron chi connectivity index (χ4n) is 4.96. The van der Waals surface area contributed by atoms with E-state index in [1.165, 1.54) is 0 Å². The van der Waals surface area contributed by atoms with Crippen molar-refractivity contribution in [3.05, 3.63) is 34.3 Å². The molecule has 2 heterocycles. The molecule has 1 spiro atoms. The summed E-state index contributed by atoms with van der Waals surface area (Å²) in [5.41, 5.74) is 0.467. The number of likely N-dealkylation sites (tertiary alicyclic amines) is 1. The number of nitrogens with zero attached hydrogens (tertiary/aromatic N) is 3. The summed E-state index contributed by atoms with van der Waals surface area (Å²) in [6, 6.07) is 8.08. The Morgan fingerprint density at radius 1 is 1.14 bits per heavy atom. The fraction of sp³-hybridized carbons (Fsp3) is 0.591. The summed E-state index contributed by atoms with van der Waals surface area (Å²) in [5, 5.41) is 0. The second kappa shape index (κ2) is 6.97. The minimum Gasteiger partial charge on any atom is -0.342 e. The first-order valence-electron chi connectivity index (χ1n) is 10.5. The van der Waals surface area contributed by atoms with Gasteiger partial charge in [0.2, 0.25) is 5.91 Å². The molecule has 5 nitrogen and oxygen atoms in total. The first-order chi connectivity index (χ1) is 13.6. The molecule has 2 aliphatic carbocycles. The minimum absolute atomic E-state index is 0.176. The molecular weight excluding hydrogens is 418 g/mol. The average molecular weight is 444 g/mol. The van der Waals surface area contributed by atoms with Crippen LogP contribution >= 0.6 is 15.9 Å². The van der Waals surface area contributed by atoms with Crippen LogP contribution in [-0.2, 0) is 9.59 Å². The zero-order valence-corrected chi connectivity index (χ0v) is 17.7. The van der Waals surface area contributed by atoms with Crippen molar-refractivity contribution in [2.24, 2.45) is 16.8 Å². The Balaban J connectivity index is 1.37. The molecular formula is C22H26BrN3O2. The third kappa shape index (κ3) is 3.19. The number of halogens is 1. The largest absolute Gasteiger partial charge is 0.342 e. The van der Waals surface area contributed by atoms with Gasteiger partial charge in [0.25, 0.3) is 5.91 Å². The monoisotopic (exact) mass is 443 g/mol. The lowest BCUT2D eigenvalue weighted by Crippen LogP contribution is -2.44. The molecule has 148 valence electrons. The summed E-state index contributed by atoms with van der Waals surface area (Å²) < 4.78 is 1.02. The van der Waals surface area contributed by atoms with E-state index in [4.69, 9.17) is 4.99 Å². The lowest BCUT2D eigenvalue weighted by atomic mass is 9.97. The first kappa shape index (κ1) is 18.3. The number of amidine groups is 1. The SMILES string of the molecule is O=C(C1CC1)N1CCC(CN2C(=O)C3(CCCC3)N=C2c2ccc(Br)cc2)C1. The van der Waals surface area contributed by atoms with Gasteiger partial charge < -0.3 is 4.90 Å². The van der Waals surface area contributed by atoms with Crippen LogP contribution in [0.5, 0.6) is 0 Å². The van der Waals surface area contributed by atoms with E-state index in [0.29, 0.717) is 18.4 Å². The molecule has 0 radical (unpaired) electrons. The molecule has 0 bridgehead atoms. The van der Waals surface area contributed by atoms with Crippen LogP contribution in [0.15, 0.2) is 33.7 Å². The van der Waals surface area contributed by atoms with Gasteiger partial charge in [-0.2, -0.15) is 0 Å². The van der Waals surface area contributed by atoms with Crippen molar-refractivity contribution in [2.75, 3.05) is 19.6 Å². The van der Waals surface area contributed by atoms with Crippen molar-refractivity contribution in [1.29, 1.82) is 0 Å². The summed E-state index contributed by atoms with van der Waals surface area (Å²) in [6.07, 6.45) is 6.94. The number of carbonyl (C=O) groups excluding carboxylic acids is 2. The summed E-state index contributed by atoms with van der Waals surface area (Å²) in [4.78, 5) is 34.8. The van der Waals surface area contributed by atoms with Crippen LogP contribution in [0.3, 0.4) is 0 Å². The molecule has 2 amide bonds. The Bertz CT molecular complexity index is 825. The number of carbonyl (C=O) groups is 2. The Labute approximate surface area is 174 Å². The van der Waals surface area contributed by atoms with Gasteiger partial charge in [-0.25, -0.2) is 0 Å². The molecule has 0 N–H and O–H groups in total. The third-order valence-corrected chi connectivity index (χ3v) is 7.25. The molecule has 3 fully saturated rings. The van der Waals surface area contributed by atoms with E-state index < -0.39 is 5.54 Å². The number of aliphatic imine (C=N–C) groups is 1. The van der Waals surface area contributed by atoms with Crippen LogP contribution in [0, 0.1) is 11.8 Å². The zero-order valence-electron chi connectivity index (χ0n) is 16.1. The molecule has 1 unspecified atom stereocenters. The molecule has 1 saturated heterocycles. The van der Waals surface area contributed by atoms with Crippen LogP contribution in [0.2, 0.25) is 0 Å². The highest BCUT2D eigenvalue weighted by Gasteiger charge is 2.50. The standard InChI is InChI=1S/C22H26BrN3O2/c23-18-7-5-16(6-8-18)19-24-22(10-1-2-11-22)21(28)26(19)14-15-9-12-25(13-15)20(27)17-3-4-17/h5-8,15,17H,1-4,9-14H2. The smallest absolute Gasteiger partial charge is 0.256 e. The van der Waals surface area contributed by atoms with Gasteiger partial charge in [0.1, 0.15) is 11.4 Å². The van der Waals surface area contributed by atoms with Gasteiger partial charge in [-0.3, -0.25) is 19.5 Å². The maximum absolute atomic E-state index is 13.4. The van der Waals surface area contributed by atoms with Crippen molar-refractivity contribution in [1.82, 2.24) is 9.80 Å². The second-order valence-corrected chi connectivity index (χ2v) is 9.73. The minimum atomic E-state index is -0.537. The van der Waals surface area contributed by atoms with Gasteiger partial charge in [-0.05, 0) is 50.2 Å². The highest BCUT2D eigenvalue weighted by Crippen LogP contribution is 2.41. The van der Waals surface area contributed by atoms with Gasteiger partial charge in [-0.1, -0.05) is 40.9 Å². The zero-order chi connectivity index (χ0) is 19.3. The van der Waals surface area contributed by atoms with Gasteiger partial charge in [0.05, 0.1) is 0 Å². The lowest BCUT2D eigenvalue weighted by Gasteiger charge is -2.25. The lowest BCUT2D eigenvalue weighted by molar-refractivity contribution is -0.131.